The third kappa shape index (κ3) is 7.41. The van der Waals surface area contributed by atoms with Crippen LogP contribution in [0.15, 0.2) is 97.3 Å². The van der Waals surface area contributed by atoms with Crippen LogP contribution in [-0.2, 0) is 16.1 Å². The second-order valence-corrected chi connectivity index (χ2v) is 10.5. The van der Waals surface area contributed by atoms with Crippen LogP contribution < -0.4 is 10.2 Å². The van der Waals surface area contributed by atoms with Crippen LogP contribution in [0.2, 0.25) is 0 Å². The van der Waals surface area contributed by atoms with Crippen molar-refractivity contribution in [2.24, 2.45) is 0 Å². The van der Waals surface area contributed by atoms with E-state index in [4.69, 9.17) is 4.74 Å². The summed E-state index contributed by atoms with van der Waals surface area (Å²) < 4.78 is 4.94. The Morgan fingerprint density at radius 1 is 0.951 bits per heavy atom. The van der Waals surface area contributed by atoms with Crippen molar-refractivity contribution in [3.05, 3.63) is 120 Å². The number of pyridine rings is 1. The molecule has 0 bridgehead atoms. The molecule has 7 nitrogen and oxygen atoms in total. The first-order chi connectivity index (χ1) is 19.9. The van der Waals surface area contributed by atoms with Gasteiger partial charge in [0.2, 0.25) is 0 Å². The number of rotatable bonds is 11. The lowest BCUT2D eigenvalue weighted by atomic mass is 9.93. The van der Waals surface area contributed by atoms with E-state index in [2.05, 4.69) is 10.3 Å². The van der Waals surface area contributed by atoms with Gasteiger partial charge in [0, 0.05) is 17.3 Å². The van der Waals surface area contributed by atoms with E-state index < -0.39 is 12.0 Å². The maximum atomic E-state index is 13.6. The average Bonchev–Trinajstić information content (AvgIpc) is 3.02. The van der Waals surface area contributed by atoms with Gasteiger partial charge < -0.3 is 15.0 Å². The van der Waals surface area contributed by atoms with Crippen LogP contribution >= 0.6 is 11.8 Å². The molecule has 0 aliphatic carbocycles. The summed E-state index contributed by atoms with van der Waals surface area (Å²) in [6, 6.07) is 25.3. The van der Waals surface area contributed by atoms with Crippen LogP contribution in [0.4, 0.5) is 5.69 Å². The van der Waals surface area contributed by atoms with Gasteiger partial charge in [0.15, 0.2) is 0 Å². The molecule has 0 fully saturated rings. The smallest absolute Gasteiger partial charge is 0.328 e. The lowest BCUT2D eigenvalue weighted by molar-refractivity contribution is -0.142. The molecule has 0 radical (unpaired) electrons. The number of aromatic nitrogens is 1. The van der Waals surface area contributed by atoms with E-state index in [-0.39, 0.29) is 18.4 Å². The molecule has 1 N–H and O–H groups in total. The van der Waals surface area contributed by atoms with Gasteiger partial charge >= 0.3 is 5.97 Å². The van der Waals surface area contributed by atoms with Gasteiger partial charge in [-0.3, -0.25) is 14.6 Å². The highest BCUT2D eigenvalue weighted by Crippen LogP contribution is 2.30. The van der Waals surface area contributed by atoms with Crippen LogP contribution in [-0.4, -0.2) is 47.9 Å². The fourth-order valence-corrected chi connectivity index (χ4v) is 5.03. The first-order valence-corrected chi connectivity index (χ1v) is 14.7. The van der Waals surface area contributed by atoms with E-state index in [0.29, 0.717) is 34.6 Å². The summed E-state index contributed by atoms with van der Waals surface area (Å²) in [5.41, 5.74) is 5.09. The molecule has 4 aromatic rings. The van der Waals surface area contributed by atoms with E-state index in [1.165, 1.54) is 7.11 Å². The number of thioether (sulfide) groups is 1. The second kappa shape index (κ2) is 14.3. The van der Waals surface area contributed by atoms with Gasteiger partial charge in [0.25, 0.3) is 11.8 Å². The van der Waals surface area contributed by atoms with Crippen LogP contribution in [0.1, 0.15) is 38.3 Å². The molecule has 3 aromatic carbocycles. The Balaban J connectivity index is 1.74. The van der Waals surface area contributed by atoms with Gasteiger partial charge in [-0.25, -0.2) is 4.79 Å². The number of aryl methyl sites for hydroxylation is 1. The van der Waals surface area contributed by atoms with Gasteiger partial charge in [-0.1, -0.05) is 48.5 Å². The minimum absolute atomic E-state index is 0.160. The number of nitrogens with zero attached hydrogens (tertiary/aromatic N) is 2. The highest BCUT2D eigenvalue weighted by molar-refractivity contribution is 7.98. The number of esters is 1. The largest absolute Gasteiger partial charge is 0.467 e. The van der Waals surface area contributed by atoms with Gasteiger partial charge in [-0.05, 0) is 84.0 Å². The van der Waals surface area contributed by atoms with E-state index in [9.17, 15) is 14.4 Å². The molecule has 2 amide bonds. The number of amides is 2. The number of methoxy groups -OCH3 is 1. The molecule has 0 saturated heterocycles. The quantitative estimate of drug-likeness (QED) is 0.226. The van der Waals surface area contributed by atoms with Crippen molar-refractivity contribution in [1.29, 1.82) is 0 Å². The zero-order chi connectivity index (χ0) is 29.2. The minimum atomic E-state index is -0.756. The molecule has 0 spiro atoms. The summed E-state index contributed by atoms with van der Waals surface area (Å²) in [5, 5.41) is 2.87. The van der Waals surface area contributed by atoms with E-state index in [1.54, 1.807) is 53.3 Å². The maximum Gasteiger partial charge on any atom is 0.328 e. The Hall–Kier alpha value is -4.43. The zero-order valence-electron chi connectivity index (χ0n) is 23.4. The molecule has 1 heterocycles. The molecule has 0 aliphatic rings. The first kappa shape index (κ1) is 29.6. The van der Waals surface area contributed by atoms with Gasteiger partial charge in [-0.2, -0.15) is 11.8 Å². The topological polar surface area (TPSA) is 88.6 Å². The first-order valence-electron chi connectivity index (χ1n) is 13.3. The molecule has 4 rings (SSSR count). The zero-order valence-corrected chi connectivity index (χ0v) is 24.2. The SMILES string of the molecule is COC(=O)[C@H](CCSC)NC(=O)c1ccc(CN(C(=O)c2ccccc2)c2cccnc2)cc1-c1ccccc1C. The summed E-state index contributed by atoms with van der Waals surface area (Å²) in [7, 11) is 1.32. The molecule has 0 unspecified atom stereocenters. The second-order valence-electron chi connectivity index (χ2n) is 9.49. The van der Waals surface area contributed by atoms with Crippen molar-refractivity contribution in [3.8, 4) is 11.1 Å². The summed E-state index contributed by atoms with van der Waals surface area (Å²) in [5.74, 6) is -0.306. The molecule has 1 atom stereocenters. The van der Waals surface area contributed by atoms with Crippen LogP contribution in [0.3, 0.4) is 0 Å². The number of carbonyl (C=O) groups excluding carboxylic acids is 3. The highest BCUT2D eigenvalue weighted by atomic mass is 32.2. The van der Waals surface area contributed by atoms with E-state index >= 15 is 0 Å². The summed E-state index contributed by atoms with van der Waals surface area (Å²) in [6.07, 6.45) is 5.73. The Bertz CT molecular complexity index is 1500. The van der Waals surface area contributed by atoms with Crippen LogP contribution in [0.25, 0.3) is 11.1 Å². The number of carbonyl (C=O) groups is 3. The Morgan fingerprint density at radius 2 is 1.71 bits per heavy atom. The fourth-order valence-electron chi connectivity index (χ4n) is 4.56. The van der Waals surface area contributed by atoms with Crippen LogP contribution in [0, 0.1) is 6.92 Å². The molecule has 1 aromatic heterocycles. The summed E-state index contributed by atoms with van der Waals surface area (Å²) >= 11 is 1.59. The molecular weight excluding hydrogens is 534 g/mol. The molecule has 41 heavy (non-hydrogen) atoms. The van der Waals surface area contributed by atoms with E-state index in [1.807, 2.05) is 73.8 Å². The predicted molar refractivity (Wildman–Crippen MR) is 164 cm³/mol. The summed E-state index contributed by atoms with van der Waals surface area (Å²) in [6.45, 7) is 2.25. The average molecular weight is 568 g/mol. The number of anilines is 1. The number of nitrogens with one attached hydrogen (secondary N) is 1. The van der Waals surface area contributed by atoms with Crippen molar-refractivity contribution in [3.63, 3.8) is 0 Å². The van der Waals surface area contributed by atoms with Crippen molar-refractivity contribution < 1.29 is 19.1 Å². The van der Waals surface area contributed by atoms with Crippen molar-refractivity contribution in [1.82, 2.24) is 10.3 Å². The third-order valence-electron chi connectivity index (χ3n) is 6.73. The van der Waals surface area contributed by atoms with Gasteiger partial charge in [-0.15, -0.1) is 0 Å². The van der Waals surface area contributed by atoms with Crippen molar-refractivity contribution in [2.45, 2.75) is 25.9 Å². The van der Waals surface area contributed by atoms with Crippen molar-refractivity contribution >= 4 is 35.2 Å². The van der Waals surface area contributed by atoms with Gasteiger partial charge in [0.1, 0.15) is 6.04 Å². The number of benzene rings is 3. The number of hydrogen-bond acceptors (Lipinski definition) is 6. The maximum absolute atomic E-state index is 13.6. The van der Waals surface area contributed by atoms with Crippen molar-refractivity contribution in [2.75, 3.05) is 24.0 Å². The van der Waals surface area contributed by atoms with Gasteiger partial charge in [0.05, 0.1) is 25.5 Å². The third-order valence-corrected chi connectivity index (χ3v) is 7.37. The Labute approximate surface area is 245 Å². The predicted octanol–water partition coefficient (Wildman–Crippen LogP) is 5.93. The summed E-state index contributed by atoms with van der Waals surface area (Å²) in [4.78, 5) is 45.5. The van der Waals surface area contributed by atoms with E-state index in [0.717, 1.165) is 16.7 Å². The Kier molecular flexibility index (Phi) is 10.3. The lowest BCUT2D eigenvalue weighted by Gasteiger charge is -2.24. The molecular formula is C33H33N3O4S. The lowest BCUT2D eigenvalue weighted by Crippen LogP contribution is -2.42. The molecule has 210 valence electrons. The normalized spacial score (nSPS) is 11.4. The monoisotopic (exact) mass is 567 g/mol. The standard InChI is InChI=1S/C33H33N3O4S/c1-23-10-7-8-14-27(23)29-20-24(15-16-28(29)31(37)35-30(17-19-41-3)33(39)40-2)22-36(26-13-9-18-34-21-26)32(38)25-11-5-4-6-12-25/h4-16,18,20-21,30H,17,19,22H2,1-3H3,(H,35,37)/t30-/m0/s1. The molecule has 8 heteroatoms. The number of ether oxygens (including phenoxy) is 1. The Morgan fingerprint density at radius 3 is 2.39 bits per heavy atom. The highest BCUT2D eigenvalue weighted by Gasteiger charge is 2.25. The fraction of sp³-hybridized carbons (Fsp3) is 0.212. The molecule has 0 saturated carbocycles. The van der Waals surface area contributed by atoms with Crippen LogP contribution in [0.5, 0.6) is 0 Å². The number of hydrogen-bond donors (Lipinski definition) is 1. The molecule has 0 aliphatic heterocycles. The minimum Gasteiger partial charge on any atom is -0.467 e.